The number of carbonyl (C=O) groups is 2. The van der Waals surface area contributed by atoms with Gasteiger partial charge in [0, 0.05) is 18.1 Å². The summed E-state index contributed by atoms with van der Waals surface area (Å²) in [5, 5.41) is 41.6. The van der Waals surface area contributed by atoms with Gasteiger partial charge < -0.3 is 53.6 Å². The third-order valence-electron chi connectivity index (χ3n) is 7.09. The van der Waals surface area contributed by atoms with Crippen LogP contribution >= 0.6 is 0 Å². The number of hydrogen-bond donors (Lipinski definition) is 4. The average Bonchev–Trinajstić information content (AvgIpc) is 3.46. The molecule has 4 N–H and O–H groups in total. The molecule has 0 bridgehead atoms. The molecule has 5 atom stereocenters. The lowest BCUT2D eigenvalue weighted by Crippen LogP contribution is -2.59. The highest BCUT2D eigenvalue weighted by molar-refractivity contribution is 6.10. The molecule has 0 aliphatic carbocycles. The maximum atomic E-state index is 14.0. The van der Waals surface area contributed by atoms with Crippen LogP contribution in [0.15, 0.2) is 36.4 Å². The van der Waals surface area contributed by atoms with Crippen LogP contribution in [0.3, 0.4) is 0 Å². The fourth-order valence-corrected chi connectivity index (χ4v) is 4.99. The molecular weight excluding hydrogens is 556 g/mol. The summed E-state index contributed by atoms with van der Waals surface area (Å²) >= 11 is 0. The van der Waals surface area contributed by atoms with Crippen LogP contribution in [-0.4, -0.2) is 90.7 Å². The van der Waals surface area contributed by atoms with Gasteiger partial charge in [0.2, 0.25) is 13.1 Å². The van der Waals surface area contributed by atoms with Crippen LogP contribution in [0.1, 0.15) is 22.8 Å². The van der Waals surface area contributed by atoms with E-state index in [9.17, 15) is 30.0 Å². The zero-order chi connectivity index (χ0) is 30.1. The Kier molecular flexibility index (Phi) is 8.38. The first-order chi connectivity index (χ1) is 20.2. The van der Waals surface area contributed by atoms with Crippen molar-refractivity contribution in [2.75, 3.05) is 27.6 Å². The Morgan fingerprint density at radius 3 is 2.33 bits per heavy atom. The molecule has 0 saturated carbocycles. The molecule has 3 aromatic rings. The van der Waals surface area contributed by atoms with Crippen molar-refractivity contribution in [3.05, 3.63) is 47.5 Å². The molecule has 0 aromatic heterocycles. The Morgan fingerprint density at radius 2 is 1.64 bits per heavy atom. The molecule has 42 heavy (non-hydrogen) atoms. The summed E-state index contributed by atoms with van der Waals surface area (Å²) in [5.74, 6) is 0.111. The second-order valence-corrected chi connectivity index (χ2v) is 9.66. The molecule has 0 radical (unpaired) electrons. The first-order valence-electron chi connectivity index (χ1n) is 12.9. The zero-order valence-electron chi connectivity index (χ0n) is 22.9. The lowest BCUT2D eigenvalue weighted by molar-refractivity contribution is -0.285. The molecular formula is C29H30O13. The van der Waals surface area contributed by atoms with Gasteiger partial charge >= 0.3 is 11.9 Å². The van der Waals surface area contributed by atoms with Crippen LogP contribution in [0.2, 0.25) is 0 Å². The van der Waals surface area contributed by atoms with Gasteiger partial charge in [0.1, 0.15) is 31.0 Å². The van der Waals surface area contributed by atoms with Crippen molar-refractivity contribution in [3.8, 4) is 34.1 Å². The molecule has 0 spiro atoms. The average molecular weight is 587 g/mol. The number of benzene rings is 3. The molecule has 5 rings (SSSR count). The molecule has 13 heteroatoms. The Morgan fingerprint density at radius 1 is 0.929 bits per heavy atom. The minimum atomic E-state index is -1.83. The first kappa shape index (κ1) is 29.4. The van der Waals surface area contributed by atoms with Crippen molar-refractivity contribution in [2.45, 2.75) is 44.2 Å². The van der Waals surface area contributed by atoms with Crippen molar-refractivity contribution in [1.29, 1.82) is 0 Å². The number of esters is 2. The maximum Gasteiger partial charge on any atom is 0.341 e. The quantitative estimate of drug-likeness (QED) is 0.278. The summed E-state index contributed by atoms with van der Waals surface area (Å²) < 4.78 is 38.2. The van der Waals surface area contributed by atoms with E-state index in [0.29, 0.717) is 44.9 Å². The van der Waals surface area contributed by atoms with Crippen LogP contribution in [0.4, 0.5) is 0 Å². The number of fused-ring (bicyclic) bond motifs is 2. The zero-order valence-corrected chi connectivity index (χ0v) is 22.9. The summed E-state index contributed by atoms with van der Waals surface area (Å²) in [6.45, 7) is 0.204. The predicted octanol–water partition coefficient (Wildman–Crippen LogP) is 1.27. The lowest BCUT2D eigenvalue weighted by Gasteiger charge is -2.39. The van der Waals surface area contributed by atoms with Gasteiger partial charge in [-0.05, 0) is 46.7 Å². The highest BCUT2D eigenvalue weighted by Gasteiger charge is 2.45. The summed E-state index contributed by atoms with van der Waals surface area (Å²) in [5.41, 5.74) is 1.03. The molecule has 13 nitrogen and oxygen atoms in total. The molecule has 2 aliphatic heterocycles. The lowest BCUT2D eigenvalue weighted by atomic mass is 9.89. The third-order valence-corrected chi connectivity index (χ3v) is 7.09. The molecule has 1 saturated heterocycles. The van der Waals surface area contributed by atoms with E-state index in [-0.39, 0.29) is 24.5 Å². The van der Waals surface area contributed by atoms with Crippen LogP contribution in [0.5, 0.6) is 23.0 Å². The summed E-state index contributed by atoms with van der Waals surface area (Å²) in [4.78, 5) is 25.8. The second kappa shape index (κ2) is 12.0. The van der Waals surface area contributed by atoms with Gasteiger partial charge in [0.25, 0.3) is 0 Å². The first-order valence-corrected chi connectivity index (χ1v) is 12.9. The Hall–Kier alpha value is -4.14. The highest BCUT2D eigenvalue weighted by Crippen LogP contribution is 2.44. The van der Waals surface area contributed by atoms with Gasteiger partial charge in [-0.2, -0.15) is 0 Å². The van der Waals surface area contributed by atoms with E-state index in [0.717, 1.165) is 0 Å². The normalized spacial score (nSPS) is 23.0. The van der Waals surface area contributed by atoms with Crippen molar-refractivity contribution in [3.63, 3.8) is 0 Å². The Bertz CT molecular complexity index is 1500. The monoisotopic (exact) mass is 586 g/mol. The molecule has 0 unspecified atom stereocenters. The number of ether oxygens (including phenoxy) is 7. The van der Waals surface area contributed by atoms with E-state index in [1.54, 1.807) is 36.4 Å². The van der Waals surface area contributed by atoms with Gasteiger partial charge in [0.05, 0.1) is 26.4 Å². The van der Waals surface area contributed by atoms with E-state index in [2.05, 4.69) is 0 Å². The van der Waals surface area contributed by atoms with Gasteiger partial charge in [-0.1, -0.05) is 6.07 Å². The van der Waals surface area contributed by atoms with Crippen molar-refractivity contribution in [2.24, 2.45) is 0 Å². The minimum absolute atomic E-state index is 0.0169. The third kappa shape index (κ3) is 5.40. The molecule has 224 valence electrons. The largest absolute Gasteiger partial charge is 0.493 e. The van der Waals surface area contributed by atoms with Crippen LogP contribution in [0, 0.1) is 0 Å². The van der Waals surface area contributed by atoms with Gasteiger partial charge in [0.15, 0.2) is 23.0 Å². The van der Waals surface area contributed by atoms with Gasteiger partial charge in [-0.25, -0.2) is 4.79 Å². The molecule has 2 heterocycles. The van der Waals surface area contributed by atoms with Crippen molar-refractivity contribution in [1.82, 2.24) is 0 Å². The Balaban J connectivity index is 1.72. The van der Waals surface area contributed by atoms with E-state index in [4.69, 9.17) is 33.2 Å². The van der Waals surface area contributed by atoms with E-state index in [1.165, 1.54) is 21.1 Å². The number of aliphatic hydroxyl groups excluding tert-OH is 4. The number of aliphatic hydroxyl groups is 4. The van der Waals surface area contributed by atoms with Crippen LogP contribution in [-0.2, 0) is 25.6 Å². The van der Waals surface area contributed by atoms with Crippen LogP contribution in [0.25, 0.3) is 21.9 Å². The van der Waals surface area contributed by atoms with Gasteiger partial charge in [-0.3, -0.25) is 4.79 Å². The summed E-state index contributed by atoms with van der Waals surface area (Å²) in [6, 6.07) is 10.1. The summed E-state index contributed by atoms with van der Waals surface area (Å²) in [6.07, 6.45) is -8.30. The molecule has 0 amide bonds. The number of carbonyl (C=O) groups excluding carboxylic acids is 2. The fourth-order valence-electron chi connectivity index (χ4n) is 4.99. The number of hydrogen-bond acceptors (Lipinski definition) is 13. The maximum absolute atomic E-state index is 14.0. The topological polar surface area (TPSA) is 180 Å². The Labute approximate surface area is 239 Å². The molecule has 3 aromatic carbocycles. The smallest absolute Gasteiger partial charge is 0.341 e. The van der Waals surface area contributed by atoms with E-state index >= 15 is 0 Å². The highest BCUT2D eigenvalue weighted by atomic mass is 16.7. The van der Waals surface area contributed by atoms with Crippen molar-refractivity contribution < 1.29 is 63.2 Å². The van der Waals surface area contributed by atoms with E-state index in [1.807, 2.05) is 0 Å². The standard InChI is InChI=1S/C29H30O13/c1-13(31)38-11-16-6-15-8-19(36-2)20(37-3)9-17(15)23(14-4-5-18-21(7-14)40-12-39-18)24(16)28(35)42-29-27(34)26(33)25(32)22(10-30)41-29/h4-9,22,25-27,29-30,32-34H,10-12H2,1-3H3/t22-,25-,26-,27-,29+/m0/s1. The van der Waals surface area contributed by atoms with Crippen molar-refractivity contribution >= 4 is 22.7 Å². The van der Waals surface area contributed by atoms with Gasteiger partial charge in [-0.15, -0.1) is 0 Å². The minimum Gasteiger partial charge on any atom is -0.493 e. The number of methoxy groups -OCH3 is 2. The predicted molar refractivity (Wildman–Crippen MR) is 143 cm³/mol. The fraction of sp³-hybridized carbons (Fsp3) is 0.379. The second-order valence-electron chi connectivity index (χ2n) is 9.66. The van der Waals surface area contributed by atoms with Crippen LogP contribution < -0.4 is 18.9 Å². The summed E-state index contributed by atoms with van der Waals surface area (Å²) in [7, 11) is 2.95. The number of rotatable bonds is 8. The SMILES string of the molecule is COc1cc2cc(COC(C)=O)c(C(=O)O[C@H]3O[C@@H](CO)[C@H](O)[C@H](O)[C@@H]3O)c(-c3ccc4c(c3)OCO4)c2cc1OC. The van der Waals surface area contributed by atoms with E-state index < -0.39 is 49.3 Å². The molecule has 1 fully saturated rings. The molecule has 2 aliphatic rings.